The fraction of sp³-hybridized carbons (Fsp3) is 0.278. The summed E-state index contributed by atoms with van der Waals surface area (Å²) in [6.07, 6.45) is -6.75. The molecule has 170 valence electrons. The van der Waals surface area contributed by atoms with E-state index in [-0.39, 0.29) is 5.56 Å². The predicted molar refractivity (Wildman–Crippen MR) is 101 cm³/mol. The summed E-state index contributed by atoms with van der Waals surface area (Å²) < 4.78 is 91.4. The van der Waals surface area contributed by atoms with Crippen molar-refractivity contribution in [2.24, 2.45) is 0 Å². The molecule has 0 saturated carbocycles. The summed E-state index contributed by atoms with van der Waals surface area (Å²) in [4.78, 5) is 11.1. The number of carbonyl (C=O) groups is 1. The van der Waals surface area contributed by atoms with Crippen LogP contribution in [0.5, 0.6) is 0 Å². The molecule has 1 atom stereocenters. The SMILES string of the molecule is O=C(CCNS(=O)(=O)c1ccc(Cl)c(C(F)(F)F)c1)NCC(O)c1ccc(F)cc1F. The zero-order chi connectivity index (χ0) is 23.4. The normalized spacial score (nSPS) is 13.1. The number of sulfonamides is 1. The summed E-state index contributed by atoms with van der Waals surface area (Å²) in [6.45, 7) is -0.889. The average molecular weight is 487 g/mol. The number of hydrogen-bond acceptors (Lipinski definition) is 4. The first-order valence-electron chi connectivity index (χ1n) is 8.57. The Morgan fingerprint density at radius 1 is 1.13 bits per heavy atom. The number of nitrogens with one attached hydrogen (secondary N) is 2. The van der Waals surface area contributed by atoms with Crippen molar-refractivity contribution < 1.29 is 40.3 Å². The lowest BCUT2D eigenvalue weighted by Gasteiger charge is -2.14. The van der Waals surface area contributed by atoms with Gasteiger partial charge in [-0.2, -0.15) is 13.2 Å². The lowest BCUT2D eigenvalue weighted by Crippen LogP contribution is -2.33. The Balaban J connectivity index is 1.90. The Hall–Kier alpha value is -2.28. The predicted octanol–water partition coefficient (Wildman–Crippen LogP) is 3.16. The van der Waals surface area contributed by atoms with Crippen LogP contribution in [-0.4, -0.2) is 32.5 Å². The van der Waals surface area contributed by atoms with E-state index in [1.54, 1.807) is 0 Å². The summed E-state index contributed by atoms with van der Waals surface area (Å²) >= 11 is 5.45. The Bertz CT molecular complexity index is 1060. The van der Waals surface area contributed by atoms with Gasteiger partial charge in [0.2, 0.25) is 15.9 Å². The van der Waals surface area contributed by atoms with E-state index in [1.165, 1.54) is 0 Å². The van der Waals surface area contributed by atoms with Gasteiger partial charge < -0.3 is 10.4 Å². The van der Waals surface area contributed by atoms with Crippen molar-refractivity contribution in [3.8, 4) is 0 Å². The third-order valence-corrected chi connectivity index (χ3v) is 5.80. The molecule has 0 aliphatic carbocycles. The number of carbonyl (C=O) groups excluding carboxylic acids is 1. The van der Waals surface area contributed by atoms with E-state index >= 15 is 0 Å². The number of benzene rings is 2. The Kier molecular flexibility index (Phi) is 7.98. The molecule has 31 heavy (non-hydrogen) atoms. The lowest BCUT2D eigenvalue weighted by atomic mass is 10.1. The third kappa shape index (κ3) is 6.86. The molecule has 1 unspecified atom stereocenters. The van der Waals surface area contributed by atoms with Crippen molar-refractivity contribution in [2.45, 2.75) is 23.6 Å². The highest BCUT2D eigenvalue weighted by Gasteiger charge is 2.34. The van der Waals surface area contributed by atoms with Crippen LogP contribution in [0.3, 0.4) is 0 Å². The maximum atomic E-state index is 13.6. The van der Waals surface area contributed by atoms with Gasteiger partial charge in [0.1, 0.15) is 11.6 Å². The average Bonchev–Trinajstić information content (AvgIpc) is 2.65. The number of hydrogen-bond donors (Lipinski definition) is 3. The second kappa shape index (κ2) is 9.90. The number of halogens is 6. The van der Waals surface area contributed by atoms with Crippen LogP contribution in [0.1, 0.15) is 23.7 Å². The van der Waals surface area contributed by atoms with Crippen molar-refractivity contribution in [3.05, 3.63) is 64.2 Å². The lowest BCUT2D eigenvalue weighted by molar-refractivity contribution is -0.137. The topological polar surface area (TPSA) is 95.5 Å². The summed E-state index contributed by atoms with van der Waals surface area (Å²) in [5.74, 6) is -2.57. The quantitative estimate of drug-likeness (QED) is 0.500. The molecule has 6 nitrogen and oxygen atoms in total. The Labute approximate surface area is 179 Å². The van der Waals surface area contributed by atoms with Crippen LogP contribution in [0.25, 0.3) is 0 Å². The van der Waals surface area contributed by atoms with Crippen molar-refractivity contribution in [2.75, 3.05) is 13.1 Å². The zero-order valence-electron chi connectivity index (χ0n) is 15.5. The molecule has 0 aliphatic rings. The van der Waals surface area contributed by atoms with Crippen LogP contribution in [0.15, 0.2) is 41.3 Å². The van der Waals surface area contributed by atoms with Gasteiger partial charge in [0, 0.05) is 31.1 Å². The Morgan fingerprint density at radius 2 is 1.81 bits per heavy atom. The maximum Gasteiger partial charge on any atom is 0.417 e. The standard InChI is InChI=1S/C18H16ClF5N2O4S/c19-14-4-2-11(8-13(14)18(22,23)24)31(29,30)26-6-5-17(28)25-9-16(27)12-3-1-10(20)7-15(12)21/h1-4,7-8,16,26-27H,5-6,9H2,(H,25,28). The minimum Gasteiger partial charge on any atom is -0.386 e. The van der Waals surface area contributed by atoms with Crippen LogP contribution in [0, 0.1) is 11.6 Å². The number of aliphatic hydroxyl groups is 1. The van der Waals surface area contributed by atoms with Crippen molar-refractivity contribution >= 4 is 27.5 Å². The largest absolute Gasteiger partial charge is 0.417 e. The van der Waals surface area contributed by atoms with Crippen molar-refractivity contribution in [1.29, 1.82) is 0 Å². The Morgan fingerprint density at radius 3 is 2.42 bits per heavy atom. The maximum absolute atomic E-state index is 13.6. The van der Waals surface area contributed by atoms with Crippen LogP contribution in [0.4, 0.5) is 22.0 Å². The monoisotopic (exact) mass is 486 g/mol. The number of aliphatic hydroxyl groups excluding tert-OH is 1. The van der Waals surface area contributed by atoms with Crippen molar-refractivity contribution in [3.63, 3.8) is 0 Å². The summed E-state index contributed by atoms with van der Waals surface area (Å²) in [6, 6.07) is 4.56. The van der Waals surface area contributed by atoms with Gasteiger partial charge in [-0.15, -0.1) is 0 Å². The molecule has 0 saturated heterocycles. The second-order valence-corrected chi connectivity index (χ2v) is 8.45. The highest BCUT2D eigenvalue weighted by Crippen LogP contribution is 2.35. The minimum absolute atomic E-state index is 0.245. The first-order valence-corrected chi connectivity index (χ1v) is 10.4. The molecule has 2 rings (SSSR count). The molecule has 0 aromatic heterocycles. The molecule has 0 radical (unpaired) electrons. The number of rotatable bonds is 8. The molecule has 13 heteroatoms. The van der Waals surface area contributed by atoms with Crippen molar-refractivity contribution in [1.82, 2.24) is 10.0 Å². The molecule has 0 spiro atoms. The van der Waals surface area contributed by atoms with E-state index in [4.69, 9.17) is 11.6 Å². The van der Waals surface area contributed by atoms with Gasteiger partial charge in [0.05, 0.1) is 21.6 Å². The van der Waals surface area contributed by atoms with E-state index in [9.17, 15) is 40.3 Å². The summed E-state index contributed by atoms with van der Waals surface area (Å²) in [5.41, 5.74) is -1.57. The molecular formula is C18H16ClF5N2O4S. The molecule has 2 aromatic rings. The number of amides is 1. The van der Waals surface area contributed by atoms with Gasteiger partial charge in [-0.3, -0.25) is 4.79 Å². The molecule has 0 bridgehead atoms. The van der Waals surface area contributed by atoms with Gasteiger partial charge in [-0.05, 0) is 24.3 Å². The van der Waals surface area contributed by atoms with Gasteiger partial charge in [-0.1, -0.05) is 17.7 Å². The van der Waals surface area contributed by atoms with E-state index in [0.29, 0.717) is 12.1 Å². The van der Waals surface area contributed by atoms with Gasteiger partial charge in [0.25, 0.3) is 0 Å². The molecule has 3 N–H and O–H groups in total. The van der Waals surface area contributed by atoms with E-state index in [1.807, 2.05) is 4.72 Å². The molecule has 1 amide bonds. The first-order chi connectivity index (χ1) is 14.3. The molecule has 0 heterocycles. The second-order valence-electron chi connectivity index (χ2n) is 6.27. The highest BCUT2D eigenvalue weighted by molar-refractivity contribution is 7.89. The zero-order valence-corrected chi connectivity index (χ0v) is 17.1. The molecule has 0 fully saturated rings. The van der Waals surface area contributed by atoms with E-state index in [0.717, 1.165) is 24.3 Å². The van der Waals surface area contributed by atoms with E-state index in [2.05, 4.69) is 5.32 Å². The fourth-order valence-electron chi connectivity index (χ4n) is 2.45. The smallest absolute Gasteiger partial charge is 0.386 e. The van der Waals surface area contributed by atoms with E-state index < -0.39 is 74.8 Å². The summed E-state index contributed by atoms with van der Waals surface area (Å²) in [5, 5.41) is 11.4. The highest BCUT2D eigenvalue weighted by atomic mass is 35.5. The fourth-order valence-corrected chi connectivity index (χ4v) is 3.73. The molecular weight excluding hydrogens is 471 g/mol. The summed E-state index contributed by atoms with van der Waals surface area (Å²) in [7, 11) is -4.36. The van der Waals surface area contributed by atoms with Gasteiger partial charge in [-0.25, -0.2) is 21.9 Å². The number of alkyl halides is 3. The molecule has 0 aliphatic heterocycles. The third-order valence-electron chi connectivity index (χ3n) is 4.01. The first kappa shape index (κ1) is 25.0. The van der Waals surface area contributed by atoms with Gasteiger partial charge in [0.15, 0.2) is 0 Å². The van der Waals surface area contributed by atoms with Crippen LogP contribution >= 0.6 is 11.6 Å². The van der Waals surface area contributed by atoms with Crippen LogP contribution < -0.4 is 10.0 Å². The van der Waals surface area contributed by atoms with Crippen LogP contribution in [-0.2, 0) is 21.0 Å². The minimum atomic E-state index is -4.85. The molecule has 2 aromatic carbocycles. The van der Waals surface area contributed by atoms with Crippen LogP contribution in [0.2, 0.25) is 5.02 Å². The van der Waals surface area contributed by atoms with Gasteiger partial charge >= 0.3 is 6.18 Å².